The summed E-state index contributed by atoms with van der Waals surface area (Å²) in [5.74, 6) is 0.689. The van der Waals surface area contributed by atoms with E-state index in [0.717, 1.165) is 55.7 Å². The summed E-state index contributed by atoms with van der Waals surface area (Å²) in [6.07, 6.45) is 6.41. The van der Waals surface area contributed by atoms with Crippen LogP contribution in [0.5, 0.6) is 0 Å². The number of fused-ring (bicyclic) bond motifs is 7. The Balaban J connectivity index is 1.24. The lowest BCUT2D eigenvalue weighted by molar-refractivity contribution is -0.144. The van der Waals surface area contributed by atoms with Crippen molar-refractivity contribution in [1.82, 2.24) is 9.47 Å². The average molecular weight is 435 g/mol. The van der Waals surface area contributed by atoms with Crippen LogP contribution < -0.4 is 5.56 Å². The van der Waals surface area contributed by atoms with E-state index in [9.17, 15) is 14.4 Å². The zero-order chi connectivity index (χ0) is 22.2. The number of nitrogens with zero attached hydrogens (tertiary/aromatic N) is 2. The molecule has 5 aliphatic rings. The average Bonchev–Trinajstić information content (AvgIpc) is 3.06. The highest BCUT2D eigenvalue weighted by Gasteiger charge is 2.54. The number of aromatic nitrogens is 1. The zero-order valence-electron chi connectivity index (χ0n) is 18.8. The first-order chi connectivity index (χ1) is 15.3. The van der Waals surface area contributed by atoms with Gasteiger partial charge in [-0.15, -0.1) is 0 Å². The topological polar surface area (TPSA) is 68.6 Å². The Morgan fingerprint density at radius 2 is 2.00 bits per heavy atom. The number of piperidine rings is 1. The SMILES string of the molecule is CC1=C2[C@H]3OC(=O)[C@@H](CN4C[C@H]5C[C@@H](C4)c4cccc(=O)n4C5)[C@@H]3CC[C@@]2(C)C=CC1=O. The lowest BCUT2D eigenvalue weighted by atomic mass is 9.61. The predicted molar refractivity (Wildman–Crippen MR) is 119 cm³/mol. The number of allylic oxidation sites excluding steroid dienone is 3. The van der Waals surface area contributed by atoms with Gasteiger partial charge in [0.1, 0.15) is 6.10 Å². The van der Waals surface area contributed by atoms with Gasteiger partial charge in [-0.2, -0.15) is 0 Å². The molecular weight excluding hydrogens is 404 g/mol. The molecule has 0 radical (unpaired) electrons. The van der Waals surface area contributed by atoms with Crippen LogP contribution in [0.4, 0.5) is 0 Å². The molecule has 2 bridgehead atoms. The number of hydrogen-bond donors (Lipinski definition) is 0. The number of likely N-dealkylation sites (tertiary alicyclic amines) is 1. The van der Waals surface area contributed by atoms with E-state index in [4.69, 9.17) is 4.74 Å². The molecule has 0 spiro atoms. The van der Waals surface area contributed by atoms with Gasteiger partial charge in [0.15, 0.2) is 5.78 Å². The molecule has 6 rings (SSSR count). The number of esters is 1. The third-order valence-corrected chi connectivity index (χ3v) is 8.73. The van der Waals surface area contributed by atoms with Gasteiger partial charge in [0.05, 0.1) is 5.92 Å². The van der Waals surface area contributed by atoms with Gasteiger partial charge in [-0.3, -0.25) is 14.4 Å². The highest BCUT2D eigenvalue weighted by atomic mass is 16.6. The van der Waals surface area contributed by atoms with E-state index >= 15 is 0 Å². The summed E-state index contributed by atoms with van der Waals surface area (Å²) in [5, 5.41) is 0. The van der Waals surface area contributed by atoms with E-state index in [-0.39, 0.29) is 40.7 Å². The second-order valence-electron chi connectivity index (χ2n) is 10.7. The normalized spacial score (nSPS) is 38.2. The molecule has 32 heavy (non-hydrogen) atoms. The van der Waals surface area contributed by atoms with E-state index in [1.165, 1.54) is 0 Å². The summed E-state index contributed by atoms with van der Waals surface area (Å²) < 4.78 is 7.93. The van der Waals surface area contributed by atoms with Crippen LogP contribution in [0.3, 0.4) is 0 Å². The van der Waals surface area contributed by atoms with Crippen LogP contribution >= 0.6 is 0 Å². The minimum Gasteiger partial charge on any atom is -0.457 e. The van der Waals surface area contributed by atoms with E-state index in [2.05, 4.69) is 17.9 Å². The lowest BCUT2D eigenvalue weighted by Crippen LogP contribution is -2.49. The fraction of sp³-hybridized carbons (Fsp3) is 0.577. The smallest absolute Gasteiger partial charge is 0.311 e. The van der Waals surface area contributed by atoms with Crippen molar-refractivity contribution in [2.75, 3.05) is 19.6 Å². The molecule has 0 amide bonds. The lowest BCUT2D eigenvalue weighted by Gasteiger charge is -2.45. The van der Waals surface area contributed by atoms with E-state index in [0.29, 0.717) is 18.4 Å². The molecule has 3 fully saturated rings. The summed E-state index contributed by atoms with van der Waals surface area (Å²) in [5.41, 5.74) is 2.83. The van der Waals surface area contributed by atoms with Crippen LogP contribution in [0, 0.1) is 23.2 Å². The second-order valence-corrected chi connectivity index (χ2v) is 10.7. The van der Waals surface area contributed by atoms with Gasteiger partial charge in [-0.1, -0.05) is 19.1 Å². The Labute approximate surface area is 187 Å². The molecule has 6 heteroatoms. The second kappa shape index (κ2) is 7.01. The number of pyridine rings is 1. The number of ether oxygens (including phenoxy) is 1. The first-order valence-electron chi connectivity index (χ1n) is 11.9. The Hall–Kier alpha value is -2.47. The standard InChI is InChI=1S/C26H30N2O4/c1-15-21(29)7-9-26(2)8-6-18-19(25(31)32-24(18)23(15)26)14-27-11-16-10-17(13-27)20-4-3-5-22(30)28(20)12-16/h3-5,7,9,16-19,24H,6,8,10-14H2,1-2H3/t16-,17+,18+,19+,24+,26+/m1/s1. The van der Waals surface area contributed by atoms with Gasteiger partial charge < -0.3 is 14.2 Å². The highest BCUT2D eigenvalue weighted by Crippen LogP contribution is 2.53. The number of carbonyl (C=O) groups excluding carboxylic acids is 2. The van der Waals surface area contributed by atoms with Gasteiger partial charge in [0, 0.05) is 60.8 Å². The quantitative estimate of drug-likeness (QED) is 0.670. The van der Waals surface area contributed by atoms with Crippen LogP contribution in [0.2, 0.25) is 0 Å². The first kappa shape index (κ1) is 20.2. The Morgan fingerprint density at radius 3 is 2.84 bits per heavy atom. The van der Waals surface area contributed by atoms with Crippen molar-refractivity contribution in [3.05, 3.63) is 57.5 Å². The molecule has 2 saturated heterocycles. The minimum atomic E-state index is -0.274. The van der Waals surface area contributed by atoms with Crippen molar-refractivity contribution in [1.29, 1.82) is 0 Å². The Morgan fingerprint density at radius 1 is 1.16 bits per heavy atom. The van der Waals surface area contributed by atoms with Crippen molar-refractivity contribution in [3.8, 4) is 0 Å². The van der Waals surface area contributed by atoms with Crippen molar-refractivity contribution in [2.45, 2.75) is 51.7 Å². The number of carbonyl (C=O) groups is 2. The molecule has 0 unspecified atom stereocenters. The molecule has 6 nitrogen and oxygen atoms in total. The molecule has 168 valence electrons. The first-order valence-corrected chi connectivity index (χ1v) is 11.9. The molecule has 4 heterocycles. The van der Waals surface area contributed by atoms with Crippen LogP contribution in [0.25, 0.3) is 0 Å². The maximum atomic E-state index is 13.1. The van der Waals surface area contributed by atoms with Crippen LogP contribution in [0.1, 0.15) is 44.7 Å². The maximum absolute atomic E-state index is 13.1. The number of ketones is 1. The van der Waals surface area contributed by atoms with Crippen molar-refractivity contribution in [3.63, 3.8) is 0 Å². The van der Waals surface area contributed by atoms with Gasteiger partial charge >= 0.3 is 5.97 Å². The van der Waals surface area contributed by atoms with Gasteiger partial charge in [0.25, 0.3) is 5.56 Å². The number of rotatable bonds is 2. The molecule has 0 aromatic carbocycles. The molecule has 3 aliphatic heterocycles. The van der Waals surface area contributed by atoms with Crippen LogP contribution in [0.15, 0.2) is 46.3 Å². The largest absolute Gasteiger partial charge is 0.457 e. The van der Waals surface area contributed by atoms with E-state index < -0.39 is 0 Å². The van der Waals surface area contributed by atoms with Gasteiger partial charge in [0.2, 0.25) is 0 Å². The Kier molecular flexibility index (Phi) is 4.42. The maximum Gasteiger partial charge on any atom is 0.311 e. The molecule has 1 aromatic heterocycles. The molecule has 1 aromatic rings. The molecule has 6 atom stereocenters. The van der Waals surface area contributed by atoms with Crippen molar-refractivity contribution < 1.29 is 14.3 Å². The summed E-state index contributed by atoms with van der Waals surface area (Å²) >= 11 is 0. The summed E-state index contributed by atoms with van der Waals surface area (Å²) in [6.45, 7) is 7.31. The fourth-order valence-corrected chi connectivity index (χ4v) is 7.20. The summed E-state index contributed by atoms with van der Waals surface area (Å²) in [6, 6.07) is 5.59. The molecule has 2 aliphatic carbocycles. The molecule has 1 saturated carbocycles. The van der Waals surface area contributed by atoms with Crippen LogP contribution in [-0.2, 0) is 20.9 Å². The monoisotopic (exact) mass is 434 g/mol. The van der Waals surface area contributed by atoms with Crippen molar-refractivity contribution in [2.24, 2.45) is 23.2 Å². The van der Waals surface area contributed by atoms with E-state index in [1.54, 1.807) is 12.1 Å². The zero-order valence-corrected chi connectivity index (χ0v) is 18.8. The summed E-state index contributed by atoms with van der Waals surface area (Å²) in [4.78, 5) is 40.2. The van der Waals surface area contributed by atoms with Crippen molar-refractivity contribution >= 4 is 11.8 Å². The number of hydrogen-bond acceptors (Lipinski definition) is 5. The van der Waals surface area contributed by atoms with E-state index in [1.807, 2.05) is 23.6 Å². The third kappa shape index (κ3) is 2.92. The molecular formula is C26H30N2O4. The predicted octanol–water partition coefficient (Wildman–Crippen LogP) is 2.68. The molecule has 0 N–H and O–H groups in total. The minimum absolute atomic E-state index is 0.0374. The highest BCUT2D eigenvalue weighted by molar-refractivity contribution is 6.05. The Bertz CT molecular complexity index is 1130. The van der Waals surface area contributed by atoms with Gasteiger partial charge in [-0.05, 0) is 49.8 Å². The fourth-order valence-electron chi connectivity index (χ4n) is 7.20. The third-order valence-electron chi connectivity index (χ3n) is 8.73. The summed E-state index contributed by atoms with van der Waals surface area (Å²) in [7, 11) is 0. The van der Waals surface area contributed by atoms with Gasteiger partial charge in [-0.25, -0.2) is 0 Å². The van der Waals surface area contributed by atoms with Crippen LogP contribution in [-0.4, -0.2) is 47.0 Å².